The van der Waals surface area contributed by atoms with Crippen LogP contribution in [-0.4, -0.2) is 43.3 Å². The first-order valence-corrected chi connectivity index (χ1v) is 9.11. The van der Waals surface area contributed by atoms with Crippen molar-refractivity contribution >= 4 is 11.8 Å². The number of anilines is 1. The lowest BCUT2D eigenvalue weighted by Gasteiger charge is -2.28. The molecule has 1 aliphatic heterocycles. The van der Waals surface area contributed by atoms with Gasteiger partial charge in [-0.2, -0.15) is 0 Å². The molecule has 0 aromatic heterocycles. The lowest BCUT2D eigenvalue weighted by Crippen LogP contribution is -2.37. The number of benzene rings is 1. The van der Waals surface area contributed by atoms with Crippen LogP contribution in [0.1, 0.15) is 46.0 Å². The lowest BCUT2D eigenvalue weighted by atomic mass is 10.1. The van der Waals surface area contributed by atoms with Gasteiger partial charge >= 0.3 is 6.09 Å². The number of carbonyl (C=O) groups excluding carboxylic acids is 1. The Kier molecular flexibility index (Phi) is 7.89. The SMILES string of the molecule is CCCCOc1ccccc1NC(=O)O[C@H](C)CN1CCCCC1. The van der Waals surface area contributed by atoms with E-state index in [4.69, 9.17) is 9.47 Å². The first-order chi connectivity index (χ1) is 11.7. The van der Waals surface area contributed by atoms with Gasteiger partial charge in [0.25, 0.3) is 0 Å². The van der Waals surface area contributed by atoms with Crippen molar-refractivity contribution in [2.24, 2.45) is 0 Å². The molecule has 1 aromatic carbocycles. The van der Waals surface area contributed by atoms with Gasteiger partial charge in [0.15, 0.2) is 0 Å². The largest absolute Gasteiger partial charge is 0.491 e. The summed E-state index contributed by atoms with van der Waals surface area (Å²) in [6.45, 7) is 7.71. The van der Waals surface area contributed by atoms with Crippen molar-refractivity contribution in [3.05, 3.63) is 24.3 Å². The Morgan fingerprint density at radius 2 is 2.00 bits per heavy atom. The van der Waals surface area contributed by atoms with Crippen molar-refractivity contribution < 1.29 is 14.3 Å². The second-order valence-electron chi connectivity index (χ2n) is 6.40. The molecule has 0 spiro atoms. The van der Waals surface area contributed by atoms with Crippen molar-refractivity contribution in [1.29, 1.82) is 0 Å². The second kappa shape index (κ2) is 10.2. The third-order valence-corrected chi connectivity index (χ3v) is 4.15. The Labute approximate surface area is 145 Å². The second-order valence-corrected chi connectivity index (χ2v) is 6.40. The van der Waals surface area contributed by atoms with Crippen LogP contribution >= 0.6 is 0 Å². The van der Waals surface area contributed by atoms with E-state index < -0.39 is 6.09 Å². The van der Waals surface area contributed by atoms with Gasteiger partial charge in [-0.1, -0.05) is 31.9 Å². The highest BCUT2D eigenvalue weighted by Crippen LogP contribution is 2.24. The highest BCUT2D eigenvalue weighted by Gasteiger charge is 2.17. The van der Waals surface area contributed by atoms with Crippen LogP contribution in [0.2, 0.25) is 0 Å². The Morgan fingerprint density at radius 3 is 2.75 bits per heavy atom. The Balaban J connectivity index is 1.80. The van der Waals surface area contributed by atoms with Crippen LogP contribution in [0.5, 0.6) is 5.75 Å². The summed E-state index contributed by atoms with van der Waals surface area (Å²) in [4.78, 5) is 14.5. The van der Waals surface area contributed by atoms with E-state index in [1.54, 1.807) is 0 Å². The third-order valence-electron chi connectivity index (χ3n) is 4.15. The molecule has 1 N–H and O–H groups in total. The number of likely N-dealkylation sites (tertiary alicyclic amines) is 1. The molecule has 1 aliphatic rings. The number of nitrogens with one attached hydrogen (secondary N) is 1. The minimum Gasteiger partial charge on any atom is -0.491 e. The van der Waals surface area contributed by atoms with Gasteiger partial charge in [0, 0.05) is 6.54 Å². The van der Waals surface area contributed by atoms with E-state index in [9.17, 15) is 4.79 Å². The molecule has 0 radical (unpaired) electrons. The molecular formula is C19H30N2O3. The molecule has 1 atom stereocenters. The highest BCUT2D eigenvalue weighted by atomic mass is 16.6. The summed E-state index contributed by atoms with van der Waals surface area (Å²) in [5.41, 5.74) is 0.656. The van der Waals surface area contributed by atoms with E-state index in [1.165, 1.54) is 19.3 Å². The average Bonchev–Trinajstić information content (AvgIpc) is 2.57. The van der Waals surface area contributed by atoms with Gasteiger partial charge in [-0.05, 0) is 51.4 Å². The van der Waals surface area contributed by atoms with Gasteiger partial charge in [-0.15, -0.1) is 0 Å². The standard InChI is InChI=1S/C19H30N2O3/c1-3-4-14-23-18-11-7-6-10-17(18)20-19(22)24-16(2)15-21-12-8-5-9-13-21/h6-7,10-11,16H,3-5,8-9,12-15H2,1-2H3,(H,20,22)/t16-/m1/s1. The summed E-state index contributed by atoms with van der Waals surface area (Å²) in [6.07, 6.45) is 5.29. The van der Waals surface area contributed by atoms with Crippen molar-refractivity contribution in [3.8, 4) is 5.75 Å². The Hall–Kier alpha value is -1.75. The van der Waals surface area contributed by atoms with Crippen molar-refractivity contribution in [2.75, 3.05) is 31.6 Å². The molecule has 5 heteroatoms. The molecule has 1 heterocycles. The van der Waals surface area contributed by atoms with Gasteiger partial charge in [0.2, 0.25) is 0 Å². The molecule has 1 aromatic rings. The van der Waals surface area contributed by atoms with Crippen molar-refractivity contribution in [2.45, 2.75) is 52.1 Å². The summed E-state index contributed by atoms with van der Waals surface area (Å²) < 4.78 is 11.2. The topological polar surface area (TPSA) is 50.8 Å². The molecule has 1 saturated heterocycles. The molecule has 2 rings (SSSR count). The number of hydrogen-bond donors (Lipinski definition) is 1. The first-order valence-electron chi connectivity index (χ1n) is 9.11. The molecule has 1 fully saturated rings. The van der Waals surface area contributed by atoms with E-state index in [1.807, 2.05) is 31.2 Å². The van der Waals surface area contributed by atoms with Gasteiger partial charge < -0.3 is 9.47 Å². The fourth-order valence-corrected chi connectivity index (χ4v) is 2.89. The van der Waals surface area contributed by atoms with Crippen LogP contribution in [0, 0.1) is 0 Å². The molecule has 0 saturated carbocycles. The predicted octanol–water partition coefficient (Wildman–Crippen LogP) is 4.29. The number of carbonyl (C=O) groups is 1. The zero-order valence-corrected chi connectivity index (χ0v) is 14.9. The number of rotatable bonds is 8. The number of para-hydroxylation sites is 2. The summed E-state index contributed by atoms with van der Waals surface area (Å²) >= 11 is 0. The number of hydrogen-bond acceptors (Lipinski definition) is 4. The van der Waals surface area contributed by atoms with E-state index >= 15 is 0 Å². The van der Waals surface area contributed by atoms with Crippen LogP contribution in [0.25, 0.3) is 0 Å². The molecule has 0 aliphatic carbocycles. The van der Waals surface area contributed by atoms with Crippen LogP contribution in [0.15, 0.2) is 24.3 Å². The van der Waals surface area contributed by atoms with Crippen LogP contribution in [0.4, 0.5) is 10.5 Å². The molecule has 134 valence electrons. The van der Waals surface area contributed by atoms with E-state index in [0.29, 0.717) is 18.0 Å². The Bertz CT molecular complexity index is 501. The smallest absolute Gasteiger partial charge is 0.412 e. The molecule has 5 nitrogen and oxygen atoms in total. The quantitative estimate of drug-likeness (QED) is 0.721. The summed E-state index contributed by atoms with van der Waals surface area (Å²) in [5.74, 6) is 0.687. The maximum atomic E-state index is 12.1. The molecular weight excluding hydrogens is 304 g/mol. The fourth-order valence-electron chi connectivity index (χ4n) is 2.89. The van der Waals surface area contributed by atoms with E-state index in [-0.39, 0.29) is 6.10 Å². The summed E-state index contributed by atoms with van der Waals surface area (Å²) in [7, 11) is 0. The number of unbranched alkanes of at least 4 members (excludes halogenated alkanes) is 1. The summed E-state index contributed by atoms with van der Waals surface area (Å²) in [6, 6.07) is 7.47. The Morgan fingerprint density at radius 1 is 1.25 bits per heavy atom. The van der Waals surface area contributed by atoms with Gasteiger partial charge in [-0.25, -0.2) is 4.79 Å². The summed E-state index contributed by atoms with van der Waals surface area (Å²) in [5, 5.41) is 2.80. The number of ether oxygens (including phenoxy) is 2. The van der Waals surface area contributed by atoms with Crippen molar-refractivity contribution in [1.82, 2.24) is 4.90 Å². The van der Waals surface area contributed by atoms with Gasteiger partial charge in [-0.3, -0.25) is 10.2 Å². The third kappa shape index (κ3) is 6.40. The number of nitrogens with zero attached hydrogens (tertiary/aromatic N) is 1. The van der Waals surface area contributed by atoms with Crippen LogP contribution in [0.3, 0.4) is 0 Å². The lowest BCUT2D eigenvalue weighted by molar-refractivity contribution is 0.0832. The van der Waals surface area contributed by atoms with Crippen LogP contribution in [-0.2, 0) is 4.74 Å². The number of amides is 1. The first kappa shape index (κ1) is 18.6. The van der Waals surface area contributed by atoms with E-state index in [2.05, 4.69) is 17.1 Å². The van der Waals surface area contributed by atoms with Crippen LogP contribution < -0.4 is 10.1 Å². The van der Waals surface area contributed by atoms with Gasteiger partial charge in [0.05, 0.1) is 12.3 Å². The molecule has 1 amide bonds. The normalized spacial score (nSPS) is 16.4. The molecule has 0 bridgehead atoms. The predicted molar refractivity (Wildman–Crippen MR) is 96.7 cm³/mol. The molecule has 0 unspecified atom stereocenters. The highest BCUT2D eigenvalue weighted by molar-refractivity contribution is 5.86. The maximum absolute atomic E-state index is 12.1. The zero-order valence-electron chi connectivity index (χ0n) is 14.9. The average molecular weight is 334 g/mol. The minimum absolute atomic E-state index is 0.128. The maximum Gasteiger partial charge on any atom is 0.412 e. The van der Waals surface area contributed by atoms with Crippen molar-refractivity contribution in [3.63, 3.8) is 0 Å². The van der Waals surface area contributed by atoms with Gasteiger partial charge in [0.1, 0.15) is 11.9 Å². The minimum atomic E-state index is -0.425. The number of piperidine rings is 1. The van der Waals surface area contributed by atoms with E-state index in [0.717, 1.165) is 32.5 Å². The molecule has 24 heavy (non-hydrogen) atoms. The zero-order chi connectivity index (χ0) is 17.2. The fraction of sp³-hybridized carbons (Fsp3) is 0.632. The monoisotopic (exact) mass is 334 g/mol.